The van der Waals surface area contributed by atoms with E-state index in [4.69, 9.17) is 14.1 Å². The number of furan rings is 1. The summed E-state index contributed by atoms with van der Waals surface area (Å²) in [5.41, 5.74) is 20.2. The Morgan fingerprint density at radius 3 is 1.71 bits per heavy atom. The summed E-state index contributed by atoms with van der Waals surface area (Å²) in [5, 5.41) is 2.17. The smallest absolute Gasteiger partial charge is 0.141 e. The zero-order chi connectivity index (χ0) is 53.1. The van der Waals surface area contributed by atoms with Gasteiger partial charge in [0, 0.05) is 41.2 Å². The number of benzene rings is 8. The first kappa shape index (κ1) is 48.8. The zero-order valence-electron chi connectivity index (χ0n) is 46.1. The Hall–Kier alpha value is -8.09. The van der Waals surface area contributed by atoms with E-state index < -0.39 is 0 Å². The number of para-hydroxylation sites is 2. The van der Waals surface area contributed by atoms with Gasteiger partial charge in [-0.1, -0.05) is 174 Å². The highest BCUT2D eigenvalue weighted by Crippen LogP contribution is 2.53. The summed E-state index contributed by atoms with van der Waals surface area (Å²) >= 11 is 0. The van der Waals surface area contributed by atoms with Gasteiger partial charge < -0.3 is 19.0 Å². The van der Waals surface area contributed by atoms with Crippen molar-refractivity contribution >= 4 is 55.7 Å². The van der Waals surface area contributed by atoms with E-state index in [1.54, 1.807) is 0 Å². The van der Waals surface area contributed by atoms with Gasteiger partial charge in [0.15, 0.2) is 0 Å². The highest BCUT2D eigenvalue weighted by molar-refractivity contribution is 6.23. The van der Waals surface area contributed by atoms with Gasteiger partial charge in [0.25, 0.3) is 0 Å². The van der Waals surface area contributed by atoms with E-state index in [0.29, 0.717) is 12.4 Å². The van der Waals surface area contributed by atoms with Crippen molar-refractivity contribution in [1.82, 2.24) is 9.55 Å². The van der Waals surface area contributed by atoms with Crippen LogP contribution in [0.4, 0.5) is 22.7 Å². The molecule has 0 fully saturated rings. The Balaban J connectivity index is 1.00. The topological polar surface area (TPSA) is 46.7 Å². The van der Waals surface area contributed by atoms with Crippen molar-refractivity contribution in [2.45, 2.75) is 105 Å². The van der Waals surface area contributed by atoms with E-state index in [2.05, 4.69) is 255 Å². The summed E-state index contributed by atoms with van der Waals surface area (Å²) in [6.45, 7) is 28.3. The molecule has 6 heteroatoms. The van der Waals surface area contributed by atoms with Crippen LogP contribution in [0.5, 0.6) is 11.5 Å². The number of hydrogen-bond donors (Lipinski definition) is 0. The lowest BCUT2D eigenvalue weighted by Gasteiger charge is -2.32. The first-order valence-electron chi connectivity index (χ1n) is 26.9. The van der Waals surface area contributed by atoms with Crippen molar-refractivity contribution in [3.05, 3.63) is 204 Å². The van der Waals surface area contributed by atoms with E-state index in [0.717, 1.165) is 61.6 Å². The molecule has 0 N–H and O–H groups in total. The summed E-state index contributed by atoms with van der Waals surface area (Å²) in [5.74, 6) is 2.29. The number of pyridine rings is 1. The second-order valence-corrected chi connectivity index (χ2v) is 25.1. The molecular formula is C70H68N4O2. The third kappa shape index (κ3) is 8.68. The van der Waals surface area contributed by atoms with E-state index in [1.807, 2.05) is 24.4 Å². The number of hydrogen-bond acceptors (Lipinski definition) is 5. The van der Waals surface area contributed by atoms with Crippen LogP contribution in [0.15, 0.2) is 187 Å². The monoisotopic (exact) mass is 997 g/mol. The lowest BCUT2D eigenvalue weighted by molar-refractivity contribution is 0.482. The quantitative estimate of drug-likeness (QED) is 0.152. The van der Waals surface area contributed by atoms with Crippen LogP contribution in [0.3, 0.4) is 0 Å². The predicted molar refractivity (Wildman–Crippen MR) is 319 cm³/mol. The molecule has 1 aliphatic heterocycles. The zero-order valence-corrected chi connectivity index (χ0v) is 46.1. The van der Waals surface area contributed by atoms with Crippen LogP contribution in [-0.4, -0.2) is 16.2 Å². The van der Waals surface area contributed by atoms with Crippen molar-refractivity contribution in [2.75, 3.05) is 16.5 Å². The summed E-state index contributed by atoms with van der Waals surface area (Å²) < 4.78 is 15.8. The summed E-state index contributed by atoms with van der Waals surface area (Å²) in [6, 6.07) is 64.3. The maximum atomic E-state index is 6.95. The average molecular weight is 997 g/mol. The van der Waals surface area contributed by atoms with Gasteiger partial charge in [-0.25, -0.2) is 4.98 Å². The fourth-order valence-electron chi connectivity index (χ4n) is 11.1. The minimum absolute atomic E-state index is 0.0384. The van der Waals surface area contributed by atoms with Crippen molar-refractivity contribution < 1.29 is 9.15 Å². The van der Waals surface area contributed by atoms with Crippen LogP contribution in [0.2, 0.25) is 0 Å². The molecule has 8 aromatic carbocycles. The van der Waals surface area contributed by atoms with Crippen molar-refractivity contribution in [3.63, 3.8) is 0 Å². The van der Waals surface area contributed by atoms with E-state index in [1.165, 1.54) is 61.3 Å². The molecule has 4 heterocycles. The second kappa shape index (κ2) is 17.8. The average Bonchev–Trinajstić information content (AvgIpc) is 4.10. The van der Waals surface area contributed by atoms with Crippen LogP contribution < -0.4 is 14.5 Å². The Labute approximate surface area is 448 Å². The minimum atomic E-state index is -0.133. The van der Waals surface area contributed by atoms with Crippen LogP contribution in [0, 0.1) is 0 Å². The van der Waals surface area contributed by atoms with Crippen molar-refractivity contribution in [1.29, 1.82) is 0 Å². The third-order valence-electron chi connectivity index (χ3n) is 15.5. The first-order valence-corrected chi connectivity index (χ1v) is 26.9. The molecule has 0 aliphatic carbocycles. The maximum Gasteiger partial charge on any atom is 0.141 e. The number of ether oxygens (including phenoxy) is 1. The number of aromatic nitrogens is 2. The molecule has 3 aromatic heterocycles. The molecule has 0 atom stereocenters. The molecular weight excluding hydrogens is 929 g/mol. The number of fused-ring (bicyclic) bond motifs is 1. The van der Waals surface area contributed by atoms with E-state index in [9.17, 15) is 0 Å². The van der Waals surface area contributed by atoms with Gasteiger partial charge in [0.1, 0.15) is 35.2 Å². The lowest BCUT2D eigenvalue weighted by atomic mass is 9.77. The highest BCUT2D eigenvalue weighted by atomic mass is 16.5. The van der Waals surface area contributed by atoms with Crippen LogP contribution in [0.25, 0.3) is 72.2 Å². The molecule has 0 radical (unpaired) electrons. The standard InChI is InChI=1S/C70H68N4O2/c1-67(2,3)48-31-32-71-63(39-48)74-59-29-20-30-61-64(59)65-60(74)41-54(42-62(65)76-61)75-53-26-19-25-52(40-53)72-43-73(58-28-17-16-27-57(58)72)66-55(46-24-18-23-45(33-46)44-21-14-13-15-22-44)37-51(70(10,11)12)38-56(66)47-34-49(68(4,5)6)36-50(35-47)69(7,8)9/h13-42H,43H2,1-12H3. The van der Waals surface area contributed by atoms with E-state index >= 15 is 0 Å². The highest BCUT2D eigenvalue weighted by Gasteiger charge is 2.34. The molecule has 0 saturated carbocycles. The van der Waals surface area contributed by atoms with Gasteiger partial charge in [-0.3, -0.25) is 4.57 Å². The normalized spacial score (nSPS) is 13.4. The first-order chi connectivity index (χ1) is 36.2. The predicted octanol–water partition coefficient (Wildman–Crippen LogP) is 19.6. The summed E-state index contributed by atoms with van der Waals surface area (Å²) in [4.78, 5) is 9.92. The molecule has 0 spiro atoms. The van der Waals surface area contributed by atoms with Gasteiger partial charge in [-0.15, -0.1) is 0 Å². The maximum absolute atomic E-state index is 6.95. The molecule has 12 rings (SSSR count). The fraction of sp³-hybridized carbons (Fsp3) is 0.243. The van der Waals surface area contributed by atoms with Crippen molar-refractivity contribution in [2.24, 2.45) is 0 Å². The van der Waals surface area contributed by atoms with Crippen LogP contribution >= 0.6 is 0 Å². The van der Waals surface area contributed by atoms with Gasteiger partial charge in [0.05, 0.1) is 38.9 Å². The second-order valence-electron chi connectivity index (χ2n) is 25.1. The number of nitrogens with zero attached hydrogens (tertiary/aromatic N) is 4. The molecule has 0 unspecified atom stereocenters. The van der Waals surface area contributed by atoms with Crippen LogP contribution in [0.1, 0.15) is 105 Å². The molecule has 6 nitrogen and oxygen atoms in total. The van der Waals surface area contributed by atoms with Crippen molar-refractivity contribution in [3.8, 4) is 50.7 Å². The molecule has 76 heavy (non-hydrogen) atoms. The van der Waals surface area contributed by atoms with Gasteiger partial charge >= 0.3 is 0 Å². The molecule has 0 saturated heterocycles. The fourth-order valence-corrected chi connectivity index (χ4v) is 11.1. The van der Waals surface area contributed by atoms with Crippen LogP contribution in [-0.2, 0) is 21.7 Å². The minimum Gasteiger partial charge on any atom is -0.457 e. The largest absolute Gasteiger partial charge is 0.457 e. The third-order valence-corrected chi connectivity index (χ3v) is 15.5. The van der Waals surface area contributed by atoms with Gasteiger partial charge in [-0.2, -0.15) is 0 Å². The Kier molecular flexibility index (Phi) is 11.4. The molecule has 0 amide bonds. The van der Waals surface area contributed by atoms with Gasteiger partial charge in [0.2, 0.25) is 0 Å². The summed E-state index contributed by atoms with van der Waals surface area (Å²) in [7, 11) is 0. The molecule has 380 valence electrons. The SMILES string of the molecule is CC(C)(C)c1cc(-c2cc(C(C)(C)C)cc(-c3cccc(-c4ccccc4)c3)c2N2CN(c3cccc(Oc4cc5oc6cccc7c6c5c(c4)n7-c4cc(C(C)(C)C)ccn4)c3)c3ccccc32)cc(C(C)(C)C)c1. The van der Waals surface area contributed by atoms with E-state index in [-0.39, 0.29) is 21.7 Å². The lowest BCUT2D eigenvalue weighted by Crippen LogP contribution is -2.25. The Bertz CT molecular complexity index is 3960. The number of rotatable bonds is 8. The Morgan fingerprint density at radius 2 is 1.01 bits per heavy atom. The molecule has 1 aliphatic rings. The molecule has 0 bridgehead atoms. The molecule has 11 aromatic rings. The Morgan fingerprint density at radius 1 is 0.421 bits per heavy atom. The van der Waals surface area contributed by atoms with Gasteiger partial charge in [-0.05, 0) is 133 Å². The summed E-state index contributed by atoms with van der Waals surface area (Å²) in [6.07, 6.45) is 1.92. The number of anilines is 4.